The van der Waals surface area contributed by atoms with Gasteiger partial charge in [0.2, 0.25) is 0 Å². The Morgan fingerprint density at radius 2 is 2.11 bits per heavy atom. The van der Waals surface area contributed by atoms with Crippen molar-refractivity contribution in [3.05, 3.63) is 53.2 Å². The predicted molar refractivity (Wildman–Crippen MR) is 74.1 cm³/mol. The fourth-order valence-electron chi connectivity index (χ4n) is 1.86. The summed E-state index contributed by atoms with van der Waals surface area (Å²) in [7, 11) is 1.66. The molecule has 0 aliphatic heterocycles. The van der Waals surface area contributed by atoms with E-state index in [1.807, 2.05) is 31.2 Å². The number of ether oxygens (including phenoxy) is 1. The van der Waals surface area contributed by atoms with Gasteiger partial charge in [0.25, 0.3) is 0 Å². The predicted octanol–water partition coefficient (Wildman–Crippen LogP) is 3.15. The zero-order chi connectivity index (χ0) is 13.7. The van der Waals surface area contributed by atoms with E-state index in [-0.39, 0.29) is 0 Å². The van der Waals surface area contributed by atoms with Crippen LogP contribution in [0.25, 0.3) is 0 Å². The number of anilines is 2. The van der Waals surface area contributed by atoms with E-state index in [1.165, 1.54) is 0 Å². The Kier molecular flexibility index (Phi) is 4.11. The van der Waals surface area contributed by atoms with Gasteiger partial charge < -0.3 is 10.1 Å². The van der Waals surface area contributed by atoms with Gasteiger partial charge in [-0.2, -0.15) is 5.26 Å². The second-order valence-corrected chi connectivity index (χ2v) is 4.21. The van der Waals surface area contributed by atoms with Gasteiger partial charge in [0.1, 0.15) is 5.82 Å². The Morgan fingerprint density at radius 1 is 1.32 bits per heavy atom. The summed E-state index contributed by atoms with van der Waals surface area (Å²) >= 11 is 0. The third-order valence-corrected chi connectivity index (χ3v) is 2.66. The monoisotopic (exact) mass is 253 g/mol. The molecule has 0 saturated carbocycles. The number of nitrogens with zero attached hydrogens (tertiary/aromatic N) is 2. The van der Waals surface area contributed by atoms with Crippen molar-refractivity contribution >= 4 is 11.5 Å². The minimum atomic E-state index is 0.528. The van der Waals surface area contributed by atoms with Crippen LogP contribution in [0.1, 0.15) is 16.8 Å². The van der Waals surface area contributed by atoms with Crippen molar-refractivity contribution in [2.24, 2.45) is 0 Å². The molecule has 1 N–H and O–H groups in total. The Bertz CT molecular complexity index is 617. The summed E-state index contributed by atoms with van der Waals surface area (Å²) < 4.78 is 5.16. The van der Waals surface area contributed by atoms with Crippen LogP contribution in [0.15, 0.2) is 36.4 Å². The van der Waals surface area contributed by atoms with E-state index in [1.54, 1.807) is 19.2 Å². The summed E-state index contributed by atoms with van der Waals surface area (Å²) in [4.78, 5) is 4.38. The van der Waals surface area contributed by atoms with E-state index >= 15 is 0 Å². The van der Waals surface area contributed by atoms with Gasteiger partial charge in [-0.05, 0) is 25.1 Å². The van der Waals surface area contributed by atoms with Crippen LogP contribution in [0.5, 0.6) is 0 Å². The zero-order valence-corrected chi connectivity index (χ0v) is 11.0. The molecule has 0 radical (unpaired) electrons. The molecule has 0 bridgehead atoms. The Hall–Kier alpha value is -2.38. The fourth-order valence-corrected chi connectivity index (χ4v) is 1.86. The third kappa shape index (κ3) is 3.30. The molecule has 0 fully saturated rings. The lowest BCUT2D eigenvalue weighted by Gasteiger charge is -2.11. The molecule has 2 aromatic rings. The maximum Gasteiger partial charge on any atom is 0.131 e. The molecule has 4 heteroatoms. The van der Waals surface area contributed by atoms with Crippen LogP contribution < -0.4 is 5.32 Å². The van der Waals surface area contributed by atoms with Crippen molar-refractivity contribution in [2.45, 2.75) is 13.5 Å². The third-order valence-electron chi connectivity index (χ3n) is 2.66. The highest BCUT2D eigenvalue weighted by Gasteiger charge is 2.04. The highest BCUT2D eigenvalue weighted by molar-refractivity contribution is 5.61. The number of rotatable bonds is 4. The van der Waals surface area contributed by atoms with Gasteiger partial charge in [-0.1, -0.05) is 18.2 Å². The number of benzene rings is 1. The number of hydrogen-bond acceptors (Lipinski definition) is 4. The minimum absolute atomic E-state index is 0.528. The molecule has 0 aliphatic carbocycles. The Balaban J connectivity index is 2.31. The van der Waals surface area contributed by atoms with Gasteiger partial charge in [0, 0.05) is 24.1 Å². The molecule has 1 heterocycles. The Labute approximate surface area is 112 Å². The molecule has 19 heavy (non-hydrogen) atoms. The van der Waals surface area contributed by atoms with E-state index < -0.39 is 0 Å². The Morgan fingerprint density at radius 3 is 2.84 bits per heavy atom. The molecular formula is C15H15N3O. The van der Waals surface area contributed by atoms with Crippen LogP contribution in [-0.2, 0) is 11.3 Å². The van der Waals surface area contributed by atoms with Gasteiger partial charge in [-0.15, -0.1) is 0 Å². The fraction of sp³-hybridized carbons (Fsp3) is 0.200. The lowest BCUT2D eigenvalue weighted by Crippen LogP contribution is -2.00. The number of pyridine rings is 1. The second-order valence-electron chi connectivity index (χ2n) is 4.21. The first-order chi connectivity index (χ1) is 9.22. The summed E-state index contributed by atoms with van der Waals surface area (Å²) in [5.41, 5.74) is 3.39. The standard InChI is InChI=1S/C15H15N3O/c1-11-7-12(9-16)8-15(17-11)18-14-6-4-3-5-13(14)10-19-2/h3-8H,10H2,1-2H3,(H,17,18). The lowest BCUT2D eigenvalue weighted by molar-refractivity contribution is 0.185. The average molecular weight is 253 g/mol. The second kappa shape index (κ2) is 5.98. The zero-order valence-electron chi connectivity index (χ0n) is 11.0. The topological polar surface area (TPSA) is 57.9 Å². The first kappa shape index (κ1) is 13.1. The number of nitriles is 1. The molecule has 0 amide bonds. The van der Waals surface area contributed by atoms with Crippen LogP contribution in [0, 0.1) is 18.3 Å². The van der Waals surface area contributed by atoms with Crippen LogP contribution in [0.4, 0.5) is 11.5 Å². The lowest BCUT2D eigenvalue weighted by atomic mass is 10.2. The number of para-hydroxylation sites is 1. The number of aromatic nitrogens is 1. The summed E-state index contributed by atoms with van der Waals surface area (Å²) in [5, 5.41) is 12.2. The number of aryl methyl sites for hydroxylation is 1. The molecular weight excluding hydrogens is 238 g/mol. The molecule has 2 rings (SSSR count). The first-order valence-corrected chi connectivity index (χ1v) is 5.95. The average Bonchev–Trinajstić information content (AvgIpc) is 2.40. The van der Waals surface area contributed by atoms with Crippen LogP contribution >= 0.6 is 0 Å². The number of nitrogens with one attached hydrogen (secondary N) is 1. The maximum absolute atomic E-state index is 8.97. The largest absolute Gasteiger partial charge is 0.380 e. The van der Waals surface area contributed by atoms with Crippen molar-refractivity contribution in [1.29, 1.82) is 5.26 Å². The van der Waals surface area contributed by atoms with Crippen LogP contribution in [0.2, 0.25) is 0 Å². The first-order valence-electron chi connectivity index (χ1n) is 5.95. The van der Waals surface area contributed by atoms with Crippen LogP contribution in [0.3, 0.4) is 0 Å². The van der Waals surface area contributed by atoms with E-state index in [0.717, 1.165) is 16.9 Å². The molecule has 0 atom stereocenters. The van der Waals surface area contributed by atoms with Crippen molar-refractivity contribution in [1.82, 2.24) is 4.98 Å². The van der Waals surface area contributed by atoms with Crippen molar-refractivity contribution in [2.75, 3.05) is 12.4 Å². The van der Waals surface area contributed by atoms with Crippen molar-refractivity contribution in [3.63, 3.8) is 0 Å². The molecule has 1 aromatic carbocycles. The van der Waals surface area contributed by atoms with Crippen molar-refractivity contribution in [3.8, 4) is 6.07 Å². The van der Waals surface area contributed by atoms with E-state index in [4.69, 9.17) is 10.00 Å². The van der Waals surface area contributed by atoms with E-state index in [2.05, 4.69) is 16.4 Å². The normalized spacial score (nSPS) is 9.95. The van der Waals surface area contributed by atoms with Gasteiger partial charge in [0.05, 0.1) is 18.2 Å². The van der Waals surface area contributed by atoms with Crippen LogP contribution in [-0.4, -0.2) is 12.1 Å². The molecule has 96 valence electrons. The summed E-state index contributed by atoms with van der Waals surface area (Å²) in [6.45, 7) is 2.40. The maximum atomic E-state index is 8.97. The SMILES string of the molecule is COCc1ccccc1Nc1cc(C#N)cc(C)n1. The molecule has 4 nitrogen and oxygen atoms in total. The molecule has 0 saturated heterocycles. The van der Waals surface area contributed by atoms with Crippen molar-refractivity contribution < 1.29 is 4.74 Å². The highest BCUT2D eigenvalue weighted by atomic mass is 16.5. The minimum Gasteiger partial charge on any atom is -0.380 e. The summed E-state index contributed by atoms with van der Waals surface area (Å²) in [5.74, 6) is 0.667. The van der Waals surface area contributed by atoms with E-state index in [0.29, 0.717) is 18.0 Å². The van der Waals surface area contributed by atoms with Gasteiger partial charge in [-0.25, -0.2) is 4.98 Å². The van der Waals surface area contributed by atoms with Gasteiger partial charge in [0.15, 0.2) is 0 Å². The molecule has 0 aliphatic rings. The quantitative estimate of drug-likeness (QED) is 0.909. The summed E-state index contributed by atoms with van der Waals surface area (Å²) in [6, 6.07) is 13.5. The smallest absolute Gasteiger partial charge is 0.131 e. The van der Waals surface area contributed by atoms with Gasteiger partial charge >= 0.3 is 0 Å². The molecule has 0 spiro atoms. The highest BCUT2D eigenvalue weighted by Crippen LogP contribution is 2.21. The van der Waals surface area contributed by atoms with Gasteiger partial charge in [-0.3, -0.25) is 0 Å². The number of hydrogen-bond donors (Lipinski definition) is 1. The van der Waals surface area contributed by atoms with E-state index in [9.17, 15) is 0 Å². The number of methoxy groups -OCH3 is 1. The molecule has 0 unspecified atom stereocenters. The summed E-state index contributed by atoms with van der Waals surface area (Å²) in [6.07, 6.45) is 0. The molecule has 1 aromatic heterocycles.